The molecule has 3 unspecified atom stereocenters. The van der Waals surface area contributed by atoms with Gasteiger partial charge in [0.05, 0.1) is 23.6 Å². The second kappa shape index (κ2) is 19.7. The van der Waals surface area contributed by atoms with Gasteiger partial charge in [0.1, 0.15) is 5.82 Å². The average molecular weight is 652 g/mol. The highest BCUT2D eigenvalue weighted by molar-refractivity contribution is 7.99. The number of rotatable bonds is 6. The van der Waals surface area contributed by atoms with Crippen LogP contribution in [0, 0.1) is 5.92 Å². The maximum absolute atomic E-state index is 12.7. The van der Waals surface area contributed by atoms with E-state index >= 15 is 0 Å². The van der Waals surface area contributed by atoms with Crippen molar-refractivity contribution in [3.8, 4) is 0 Å². The smallest absolute Gasteiger partial charge is 0.410 e. The van der Waals surface area contributed by atoms with E-state index in [2.05, 4.69) is 36.1 Å². The van der Waals surface area contributed by atoms with Gasteiger partial charge in [-0.2, -0.15) is 11.8 Å². The van der Waals surface area contributed by atoms with Gasteiger partial charge in [0, 0.05) is 35.8 Å². The monoisotopic (exact) mass is 651 g/mol. The molecule has 1 aromatic rings. The van der Waals surface area contributed by atoms with Crippen LogP contribution in [0.3, 0.4) is 0 Å². The summed E-state index contributed by atoms with van der Waals surface area (Å²) >= 11 is 7.55. The first-order chi connectivity index (χ1) is 20.5. The minimum Gasteiger partial charge on any atom is -0.447 e. The van der Waals surface area contributed by atoms with Crippen molar-refractivity contribution in [1.29, 1.82) is 0 Å². The molecule has 0 radical (unpaired) electrons. The van der Waals surface area contributed by atoms with Crippen LogP contribution in [0.2, 0.25) is 0 Å². The molecular formula is C33H50ClN3O4S2. The number of imidazole rings is 1. The largest absolute Gasteiger partial charge is 0.447 e. The van der Waals surface area contributed by atoms with Crippen molar-refractivity contribution in [2.75, 3.05) is 24.8 Å². The quantitative estimate of drug-likeness (QED) is 0.227. The zero-order valence-corrected chi connectivity index (χ0v) is 29.2. The summed E-state index contributed by atoms with van der Waals surface area (Å²) in [6.07, 6.45) is 23.4. The van der Waals surface area contributed by atoms with Crippen molar-refractivity contribution < 1.29 is 17.9 Å². The first-order valence-corrected chi connectivity index (χ1v) is 18.5. The number of amides is 1. The molecule has 0 bridgehead atoms. The van der Waals surface area contributed by atoms with Crippen LogP contribution in [0.15, 0.2) is 73.0 Å². The second-order valence-corrected chi connectivity index (χ2v) is 13.8. The van der Waals surface area contributed by atoms with E-state index in [0.29, 0.717) is 17.7 Å². The molecule has 43 heavy (non-hydrogen) atoms. The first kappa shape index (κ1) is 38.5. The van der Waals surface area contributed by atoms with E-state index in [1.54, 1.807) is 23.9 Å². The van der Waals surface area contributed by atoms with Gasteiger partial charge in [0.2, 0.25) is 0 Å². The lowest BCUT2D eigenvalue weighted by Crippen LogP contribution is -2.46. The lowest BCUT2D eigenvalue weighted by atomic mass is 9.84. The lowest BCUT2D eigenvalue weighted by molar-refractivity contribution is 0.0241. The summed E-state index contributed by atoms with van der Waals surface area (Å²) in [6.45, 7) is 17.2. The summed E-state index contributed by atoms with van der Waals surface area (Å²) < 4.78 is 30.4. The summed E-state index contributed by atoms with van der Waals surface area (Å²) in [5, 5.41) is 1.28. The molecule has 10 heteroatoms. The summed E-state index contributed by atoms with van der Waals surface area (Å²) in [7, 11) is -3.05. The number of carbonyl (C=O) groups excluding carboxylic acids is 1. The van der Waals surface area contributed by atoms with E-state index in [1.165, 1.54) is 6.26 Å². The number of hydrogen-bond donors (Lipinski definition) is 0. The number of ether oxygens (including phenoxy) is 1. The van der Waals surface area contributed by atoms with Crippen LogP contribution >= 0.6 is 23.4 Å². The van der Waals surface area contributed by atoms with E-state index in [0.717, 1.165) is 47.9 Å². The molecule has 1 fully saturated rings. The number of aryl methyl sites for hydroxylation is 1. The molecule has 0 spiro atoms. The molecular weight excluding hydrogens is 602 g/mol. The van der Waals surface area contributed by atoms with Crippen LogP contribution in [0.1, 0.15) is 71.4 Å². The average Bonchev–Trinajstić information content (AvgIpc) is 3.31. The number of piperidine rings is 1. The number of allylic oxidation sites excluding steroid dienone is 7. The van der Waals surface area contributed by atoms with Crippen LogP contribution in [0.5, 0.6) is 0 Å². The molecule has 0 N–H and O–H groups in total. The summed E-state index contributed by atoms with van der Waals surface area (Å²) in [6, 6.07) is -0.0735. The molecule has 3 aliphatic rings. The van der Waals surface area contributed by atoms with Crippen molar-refractivity contribution in [3.63, 3.8) is 0 Å². The maximum atomic E-state index is 12.7. The Balaban J connectivity index is 0.000000552. The number of sulfone groups is 1. The van der Waals surface area contributed by atoms with Gasteiger partial charge < -0.3 is 9.30 Å². The zero-order valence-electron chi connectivity index (χ0n) is 26.8. The van der Waals surface area contributed by atoms with Crippen molar-refractivity contribution in [1.82, 2.24) is 14.5 Å². The third-order valence-electron chi connectivity index (χ3n) is 6.72. The highest BCUT2D eigenvalue weighted by atomic mass is 35.5. The number of halogens is 1. The van der Waals surface area contributed by atoms with Gasteiger partial charge in [-0.3, -0.25) is 4.90 Å². The lowest BCUT2D eigenvalue weighted by Gasteiger charge is -2.43. The Hall–Kier alpha value is -2.49. The molecule has 2 aliphatic heterocycles. The Morgan fingerprint density at radius 1 is 1.23 bits per heavy atom. The molecule has 4 rings (SSSR count). The predicted octanol–water partition coefficient (Wildman–Crippen LogP) is 8.38. The van der Waals surface area contributed by atoms with Gasteiger partial charge in [0.25, 0.3) is 0 Å². The number of carbonyl (C=O) groups is 1. The fraction of sp³-hybridized carbons (Fsp3) is 0.515. The highest BCUT2D eigenvalue weighted by Gasteiger charge is 2.41. The number of fused-ring (bicyclic) bond motifs is 3. The van der Waals surface area contributed by atoms with Crippen LogP contribution in [0.4, 0.5) is 4.79 Å². The normalized spacial score (nSPS) is 21.1. The molecule has 1 saturated heterocycles. The van der Waals surface area contributed by atoms with Crippen LogP contribution < -0.4 is 0 Å². The molecule has 1 aromatic heterocycles. The zero-order chi connectivity index (χ0) is 32.6. The molecule has 0 aromatic carbocycles. The fourth-order valence-corrected chi connectivity index (χ4v) is 5.97. The summed E-state index contributed by atoms with van der Waals surface area (Å²) in [4.78, 5) is 19.4. The molecule has 7 nitrogen and oxygen atoms in total. The molecule has 240 valence electrons. The molecule has 1 amide bonds. The van der Waals surface area contributed by atoms with Crippen molar-refractivity contribution >= 4 is 44.9 Å². The number of aromatic nitrogens is 2. The molecule has 1 aliphatic carbocycles. The Morgan fingerprint density at radius 2 is 1.93 bits per heavy atom. The van der Waals surface area contributed by atoms with Gasteiger partial charge in [-0.1, -0.05) is 61.9 Å². The van der Waals surface area contributed by atoms with Gasteiger partial charge in [0.15, 0.2) is 9.84 Å². The van der Waals surface area contributed by atoms with Gasteiger partial charge in [-0.15, -0.1) is 13.2 Å². The SMILES string of the molecule is C/C=C(\C=C/CS(C)(=O)=O)c1cn2c(n1)C1C(CCCN1C(=O)OC(C)C)CC2.C=C.CC.CSC1C=CC=C(Cl)C=C1. The van der Waals surface area contributed by atoms with Crippen LogP contribution in [0.25, 0.3) is 5.57 Å². The van der Waals surface area contributed by atoms with Crippen LogP contribution in [-0.4, -0.2) is 65.1 Å². The number of thioether (sulfide) groups is 1. The van der Waals surface area contributed by atoms with E-state index in [9.17, 15) is 13.2 Å². The minimum absolute atomic E-state index is 0.00255. The van der Waals surface area contributed by atoms with E-state index in [-0.39, 0.29) is 24.0 Å². The van der Waals surface area contributed by atoms with Crippen molar-refractivity contribution in [2.45, 2.75) is 77.8 Å². The third kappa shape index (κ3) is 12.6. The minimum atomic E-state index is -3.05. The Bertz CT molecular complexity index is 1280. The molecule has 3 atom stereocenters. The fourth-order valence-electron chi connectivity index (χ4n) is 4.89. The molecule has 3 heterocycles. The topological polar surface area (TPSA) is 81.5 Å². The number of likely N-dealkylation sites (tertiary alicyclic amines) is 1. The molecule has 0 saturated carbocycles. The Kier molecular flexibility index (Phi) is 17.7. The van der Waals surface area contributed by atoms with Crippen molar-refractivity contribution in [3.05, 3.63) is 84.5 Å². The van der Waals surface area contributed by atoms with Crippen molar-refractivity contribution in [2.24, 2.45) is 5.92 Å². The van der Waals surface area contributed by atoms with Gasteiger partial charge in [-0.05, 0) is 69.9 Å². The first-order valence-electron chi connectivity index (χ1n) is 14.8. The van der Waals surface area contributed by atoms with E-state index in [1.807, 2.05) is 70.0 Å². The summed E-state index contributed by atoms with van der Waals surface area (Å²) in [5.41, 5.74) is 1.68. The standard InChI is InChI=1S/C21H31N3O4S.C8H9ClS.C2H6.C2H4/c1-5-16(9-7-13-29(4,26)27)18-14-23-12-10-17-8-6-11-24(19(17)20(23)22-18)21(25)28-15(2)3;1-10-8-4-2-3-7(9)5-6-8;2*1-2/h5,7,9,14-15,17,19H,6,8,10-13H2,1-4H3;2-6,8H,1H3;1-2H3;1-2H2/b9-7-,16-5+;;;. The highest BCUT2D eigenvalue weighted by Crippen LogP contribution is 2.42. The van der Waals surface area contributed by atoms with E-state index < -0.39 is 9.84 Å². The number of hydrogen-bond acceptors (Lipinski definition) is 6. The number of nitrogens with zero attached hydrogens (tertiary/aromatic N) is 3. The Morgan fingerprint density at radius 3 is 2.53 bits per heavy atom. The van der Waals surface area contributed by atoms with Gasteiger partial charge >= 0.3 is 6.09 Å². The third-order valence-corrected chi connectivity index (χ3v) is 8.63. The van der Waals surface area contributed by atoms with E-state index in [4.69, 9.17) is 21.3 Å². The summed E-state index contributed by atoms with van der Waals surface area (Å²) in [5.74, 6) is 1.28. The second-order valence-electron chi connectivity index (χ2n) is 10.2. The van der Waals surface area contributed by atoms with Crippen LogP contribution in [-0.2, 0) is 21.1 Å². The Labute approximate surface area is 269 Å². The van der Waals surface area contributed by atoms with Gasteiger partial charge in [-0.25, -0.2) is 18.2 Å². The predicted molar refractivity (Wildman–Crippen MR) is 185 cm³/mol. The maximum Gasteiger partial charge on any atom is 0.410 e.